The van der Waals surface area contributed by atoms with E-state index in [1.807, 2.05) is 0 Å². The lowest BCUT2D eigenvalue weighted by atomic mass is 10.1. The SMILES string of the molecule is CC(NC(=O)c1cccc(S(=O)(=O)N(C)c2ccccc2F)c1)c1ccc(F)cc1. The summed E-state index contributed by atoms with van der Waals surface area (Å²) in [5.41, 5.74) is 0.733. The molecule has 1 atom stereocenters. The Morgan fingerprint density at radius 1 is 0.967 bits per heavy atom. The zero-order valence-electron chi connectivity index (χ0n) is 16.3. The van der Waals surface area contributed by atoms with E-state index in [1.54, 1.807) is 19.1 Å². The van der Waals surface area contributed by atoms with E-state index in [1.165, 1.54) is 67.7 Å². The first kappa shape index (κ1) is 21.4. The van der Waals surface area contributed by atoms with Crippen LogP contribution in [0.2, 0.25) is 0 Å². The molecule has 0 spiro atoms. The first-order chi connectivity index (χ1) is 14.2. The lowest BCUT2D eigenvalue weighted by molar-refractivity contribution is 0.0939. The van der Waals surface area contributed by atoms with E-state index >= 15 is 0 Å². The van der Waals surface area contributed by atoms with E-state index in [0.29, 0.717) is 5.56 Å². The summed E-state index contributed by atoms with van der Waals surface area (Å²) >= 11 is 0. The molecule has 3 aromatic carbocycles. The van der Waals surface area contributed by atoms with Gasteiger partial charge in [0, 0.05) is 12.6 Å². The number of benzene rings is 3. The minimum Gasteiger partial charge on any atom is -0.346 e. The van der Waals surface area contributed by atoms with E-state index in [9.17, 15) is 22.0 Å². The van der Waals surface area contributed by atoms with Crippen LogP contribution in [0.5, 0.6) is 0 Å². The van der Waals surface area contributed by atoms with Crippen LogP contribution >= 0.6 is 0 Å². The van der Waals surface area contributed by atoms with Gasteiger partial charge in [0.15, 0.2) is 0 Å². The van der Waals surface area contributed by atoms with Crippen molar-refractivity contribution in [3.8, 4) is 0 Å². The molecule has 0 saturated carbocycles. The number of rotatable bonds is 6. The first-order valence-corrected chi connectivity index (χ1v) is 10.5. The van der Waals surface area contributed by atoms with Crippen LogP contribution in [0.1, 0.15) is 28.9 Å². The van der Waals surface area contributed by atoms with Gasteiger partial charge in [0.25, 0.3) is 15.9 Å². The van der Waals surface area contributed by atoms with E-state index in [4.69, 9.17) is 0 Å². The molecule has 0 heterocycles. The topological polar surface area (TPSA) is 66.5 Å². The van der Waals surface area contributed by atoms with Crippen LogP contribution in [0.3, 0.4) is 0 Å². The summed E-state index contributed by atoms with van der Waals surface area (Å²) in [6.45, 7) is 1.73. The number of halogens is 2. The lowest BCUT2D eigenvalue weighted by Gasteiger charge is -2.20. The molecule has 0 aliphatic heterocycles. The molecule has 0 bridgehead atoms. The average Bonchev–Trinajstić information content (AvgIpc) is 2.74. The van der Waals surface area contributed by atoms with Crippen LogP contribution in [-0.2, 0) is 10.0 Å². The highest BCUT2D eigenvalue weighted by molar-refractivity contribution is 7.92. The predicted octanol–water partition coefficient (Wildman–Crippen LogP) is 4.28. The molecule has 0 aliphatic rings. The van der Waals surface area contributed by atoms with Crippen molar-refractivity contribution >= 4 is 21.6 Å². The first-order valence-electron chi connectivity index (χ1n) is 9.10. The Labute approximate surface area is 174 Å². The third-order valence-electron chi connectivity index (χ3n) is 4.66. The number of carbonyl (C=O) groups excluding carboxylic acids is 1. The van der Waals surface area contributed by atoms with E-state index in [-0.39, 0.29) is 22.0 Å². The smallest absolute Gasteiger partial charge is 0.264 e. The molecule has 1 unspecified atom stereocenters. The maximum atomic E-state index is 14.0. The summed E-state index contributed by atoms with van der Waals surface area (Å²) in [5.74, 6) is -1.54. The highest BCUT2D eigenvalue weighted by atomic mass is 32.2. The van der Waals surface area contributed by atoms with Gasteiger partial charge in [-0.1, -0.05) is 30.3 Å². The number of anilines is 1. The van der Waals surface area contributed by atoms with Crippen LogP contribution in [0.25, 0.3) is 0 Å². The normalized spacial score (nSPS) is 12.3. The van der Waals surface area contributed by atoms with Gasteiger partial charge in [-0.2, -0.15) is 0 Å². The second-order valence-electron chi connectivity index (χ2n) is 6.70. The molecule has 3 aromatic rings. The molecule has 30 heavy (non-hydrogen) atoms. The van der Waals surface area contributed by atoms with E-state index in [2.05, 4.69) is 5.32 Å². The second kappa shape index (κ2) is 8.62. The maximum Gasteiger partial charge on any atom is 0.264 e. The Morgan fingerprint density at radius 2 is 1.63 bits per heavy atom. The summed E-state index contributed by atoms with van der Waals surface area (Å²) in [4.78, 5) is 12.5. The van der Waals surface area contributed by atoms with Crippen LogP contribution in [-0.4, -0.2) is 21.4 Å². The Morgan fingerprint density at radius 3 is 2.30 bits per heavy atom. The van der Waals surface area contributed by atoms with Crippen LogP contribution in [0, 0.1) is 11.6 Å². The molecule has 5 nitrogen and oxygen atoms in total. The summed E-state index contributed by atoms with van der Waals surface area (Å²) in [7, 11) is -2.84. The highest BCUT2D eigenvalue weighted by Gasteiger charge is 2.24. The fourth-order valence-electron chi connectivity index (χ4n) is 2.91. The minimum absolute atomic E-state index is 0.0997. The summed E-state index contributed by atoms with van der Waals surface area (Å²) in [6.07, 6.45) is 0. The maximum absolute atomic E-state index is 14.0. The van der Waals surface area contributed by atoms with Crippen molar-refractivity contribution in [2.24, 2.45) is 0 Å². The third kappa shape index (κ3) is 4.49. The molecule has 156 valence electrons. The standard InChI is InChI=1S/C22H20F2N2O3S/c1-15(16-10-12-18(23)13-11-16)25-22(27)17-6-5-7-19(14-17)30(28,29)26(2)21-9-4-3-8-20(21)24/h3-15H,1-2H3,(H,25,27). The third-order valence-corrected chi connectivity index (χ3v) is 6.43. The molecule has 8 heteroatoms. The molecular weight excluding hydrogens is 410 g/mol. The molecule has 0 radical (unpaired) electrons. The summed E-state index contributed by atoms with van der Waals surface area (Å²) in [5, 5.41) is 2.75. The number of nitrogens with zero attached hydrogens (tertiary/aromatic N) is 1. The molecule has 0 aromatic heterocycles. The van der Waals surface area contributed by atoms with Gasteiger partial charge in [0.1, 0.15) is 11.6 Å². The molecule has 0 aliphatic carbocycles. The predicted molar refractivity (Wildman–Crippen MR) is 111 cm³/mol. The van der Waals surface area contributed by atoms with Crippen molar-refractivity contribution in [2.75, 3.05) is 11.4 Å². The molecule has 0 saturated heterocycles. The van der Waals surface area contributed by atoms with Crippen LogP contribution < -0.4 is 9.62 Å². The van der Waals surface area contributed by atoms with Crippen molar-refractivity contribution in [3.05, 3.63) is 95.6 Å². The fraction of sp³-hybridized carbons (Fsp3) is 0.136. The molecule has 3 rings (SSSR count). The monoisotopic (exact) mass is 430 g/mol. The van der Waals surface area contributed by atoms with Gasteiger partial charge in [0.05, 0.1) is 16.6 Å². The van der Waals surface area contributed by atoms with Gasteiger partial charge < -0.3 is 5.32 Å². The van der Waals surface area contributed by atoms with Crippen molar-refractivity contribution in [1.82, 2.24) is 5.32 Å². The summed E-state index contributed by atoms with van der Waals surface area (Å²) in [6, 6.07) is 16.3. The van der Waals surface area contributed by atoms with Crippen molar-refractivity contribution in [2.45, 2.75) is 17.9 Å². The zero-order valence-corrected chi connectivity index (χ0v) is 17.2. The van der Waals surface area contributed by atoms with Gasteiger partial charge in [-0.3, -0.25) is 9.10 Å². The second-order valence-corrected chi connectivity index (χ2v) is 8.67. The average molecular weight is 430 g/mol. The van der Waals surface area contributed by atoms with Gasteiger partial charge in [-0.15, -0.1) is 0 Å². The number of amides is 1. The Hall–Kier alpha value is -3.26. The number of hydrogen-bond donors (Lipinski definition) is 1. The van der Waals surface area contributed by atoms with Crippen molar-refractivity contribution in [3.63, 3.8) is 0 Å². The number of nitrogens with one attached hydrogen (secondary N) is 1. The molecular formula is C22H20F2N2O3S. The summed E-state index contributed by atoms with van der Waals surface area (Å²) < 4.78 is 53.8. The van der Waals surface area contributed by atoms with E-state index in [0.717, 1.165) is 4.31 Å². The Balaban J connectivity index is 1.83. The van der Waals surface area contributed by atoms with Gasteiger partial charge in [-0.05, 0) is 55.0 Å². The number of sulfonamides is 1. The quantitative estimate of drug-likeness (QED) is 0.635. The van der Waals surface area contributed by atoms with Crippen LogP contribution in [0.15, 0.2) is 77.7 Å². The Bertz CT molecular complexity index is 1170. The van der Waals surface area contributed by atoms with Gasteiger partial charge in [-0.25, -0.2) is 17.2 Å². The molecule has 1 N–H and O–H groups in total. The van der Waals surface area contributed by atoms with Crippen molar-refractivity contribution < 1.29 is 22.0 Å². The van der Waals surface area contributed by atoms with E-state index < -0.39 is 27.8 Å². The van der Waals surface area contributed by atoms with Gasteiger partial charge in [0.2, 0.25) is 0 Å². The number of hydrogen-bond acceptors (Lipinski definition) is 3. The van der Waals surface area contributed by atoms with Crippen molar-refractivity contribution in [1.29, 1.82) is 0 Å². The number of para-hydroxylation sites is 1. The number of carbonyl (C=O) groups is 1. The fourth-order valence-corrected chi connectivity index (χ4v) is 4.16. The molecule has 0 fully saturated rings. The highest BCUT2D eigenvalue weighted by Crippen LogP contribution is 2.25. The molecule has 1 amide bonds. The van der Waals surface area contributed by atoms with Crippen LogP contribution in [0.4, 0.5) is 14.5 Å². The zero-order chi connectivity index (χ0) is 21.9. The lowest BCUT2D eigenvalue weighted by Crippen LogP contribution is -2.29. The van der Waals surface area contributed by atoms with Gasteiger partial charge >= 0.3 is 0 Å². The minimum atomic E-state index is -4.08. The largest absolute Gasteiger partial charge is 0.346 e. The Kier molecular flexibility index (Phi) is 6.17.